The van der Waals surface area contributed by atoms with E-state index in [9.17, 15) is 9.59 Å². The highest BCUT2D eigenvalue weighted by molar-refractivity contribution is 5.84. The lowest BCUT2D eigenvalue weighted by molar-refractivity contribution is -0.150. The fourth-order valence-corrected chi connectivity index (χ4v) is 4.61. The SMILES string of the molecule is CCOC[C@H]1CO[C@@H](C(=O)N(C2CC2)[C@H](C)c2nn(CCCNC(=O)OC)c3nc(C)ccc23)CN1. The average Bonchev–Trinajstić information content (AvgIpc) is 3.66. The van der Waals surface area contributed by atoms with Crippen molar-refractivity contribution in [3.05, 3.63) is 23.5 Å². The summed E-state index contributed by atoms with van der Waals surface area (Å²) >= 11 is 0. The Labute approximate surface area is 211 Å². The molecule has 3 heterocycles. The van der Waals surface area contributed by atoms with Crippen LogP contribution >= 0.6 is 0 Å². The summed E-state index contributed by atoms with van der Waals surface area (Å²) in [6, 6.07) is 4.07. The number of amides is 2. The molecular formula is C25H38N6O5. The first-order valence-electron chi connectivity index (χ1n) is 12.8. The van der Waals surface area contributed by atoms with Crippen LogP contribution in [0.15, 0.2) is 12.1 Å². The number of morpholine rings is 1. The van der Waals surface area contributed by atoms with Crippen molar-refractivity contribution < 1.29 is 23.8 Å². The van der Waals surface area contributed by atoms with Crippen molar-refractivity contribution in [2.75, 3.05) is 40.0 Å². The van der Waals surface area contributed by atoms with Gasteiger partial charge in [-0.25, -0.2) is 14.5 Å². The van der Waals surface area contributed by atoms with Crippen LogP contribution in [0.3, 0.4) is 0 Å². The molecule has 2 aromatic rings. The Morgan fingerprint density at radius 2 is 2.17 bits per heavy atom. The van der Waals surface area contributed by atoms with E-state index in [4.69, 9.17) is 19.6 Å². The minimum absolute atomic E-state index is 0.00240. The molecule has 4 rings (SSSR count). The van der Waals surface area contributed by atoms with Gasteiger partial charge in [0.2, 0.25) is 0 Å². The third-order valence-electron chi connectivity index (χ3n) is 6.66. The van der Waals surface area contributed by atoms with E-state index in [0.29, 0.717) is 45.9 Å². The summed E-state index contributed by atoms with van der Waals surface area (Å²) in [5, 5.41) is 11.9. The van der Waals surface area contributed by atoms with E-state index in [0.717, 1.165) is 35.3 Å². The molecule has 1 saturated carbocycles. The Morgan fingerprint density at radius 3 is 2.83 bits per heavy atom. The number of nitrogens with zero attached hydrogens (tertiary/aromatic N) is 4. The Kier molecular flexibility index (Phi) is 8.76. The van der Waals surface area contributed by atoms with Crippen molar-refractivity contribution in [1.82, 2.24) is 30.3 Å². The summed E-state index contributed by atoms with van der Waals surface area (Å²) in [6.45, 7) is 9.15. The number of carbonyl (C=O) groups excluding carboxylic acids is 2. The van der Waals surface area contributed by atoms with Gasteiger partial charge in [0.25, 0.3) is 5.91 Å². The van der Waals surface area contributed by atoms with Crippen LogP contribution in [0.2, 0.25) is 0 Å². The van der Waals surface area contributed by atoms with Gasteiger partial charge in [-0.2, -0.15) is 5.10 Å². The molecule has 0 aromatic carbocycles. The summed E-state index contributed by atoms with van der Waals surface area (Å²) in [5.41, 5.74) is 2.51. The van der Waals surface area contributed by atoms with E-state index in [1.165, 1.54) is 7.11 Å². The van der Waals surface area contributed by atoms with E-state index >= 15 is 0 Å². The number of ether oxygens (including phenoxy) is 3. The van der Waals surface area contributed by atoms with Gasteiger partial charge in [-0.15, -0.1) is 0 Å². The lowest BCUT2D eigenvalue weighted by Gasteiger charge is -2.35. The maximum atomic E-state index is 13.6. The maximum Gasteiger partial charge on any atom is 0.406 e. The summed E-state index contributed by atoms with van der Waals surface area (Å²) in [6.07, 6.45) is 1.66. The third kappa shape index (κ3) is 6.13. The molecule has 0 unspecified atom stereocenters. The second-order valence-corrected chi connectivity index (χ2v) is 9.44. The average molecular weight is 503 g/mol. The number of nitrogens with one attached hydrogen (secondary N) is 2. The number of carbonyl (C=O) groups is 2. The number of rotatable bonds is 11. The van der Waals surface area contributed by atoms with Gasteiger partial charge in [0.15, 0.2) is 5.65 Å². The Balaban J connectivity index is 1.50. The number of alkyl carbamates (subject to hydrolysis) is 1. The van der Waals surface area contributed by atoms with Gasteiger partial charge in [-0.1, -0.05) is 0 Å². The lowest BCUT2D eigenvalue weighted by Crippen LogP contribution is -2.55. The number of methoxy groups -OCH3 is 1. The van der Waals surface area contributed by atoms with Gasteiger partial charge >= 0.3 is 6.09 Å². The molecule has 1 aliphatic carbocycles. The number of hydrogen-bond donors (Lipinski definition) is 2. The highest BCUT2D eigenvalue weighted by Gasteiger charge is 2.41. The fourth-order valence-electron chi connectivity index (χ4n) is 4.61. The Morgan fingerprint density at radius 1 is 1.36 bits per heavy atom. The number of hydrogen-bond acceptors (Lipinski definition) is 8. The number of fused-ring (bicyclic) bond motifs is 1. The van der Waals surface area contributed by atoms with Gasteiger partial charge in [0, 0.05) is 43.4 Å². The summed E-state index contributed by atoms with van der Waals surface area (Å²) in [4.78, 5) is 31.7. The van der Waals surface area contributed by atoms with E-state index in [1.54, 1.807) is 0 Å². The highest BCUT2D eigenvalue weighted by Crippen LogP contribution is 2.37. The minimum atomic E-state index is -0.524. The van der Waals surface area contributed by atoms with Crippen molar-refractivity contribution in [2.45, 2.75) is 70.8 Å². The predicted molar refractivity (Wildman–Crippen MR) is 134 cm³/mol. The topological polar surface area (TPSA) is 120 Å². The Bertz CT molecular complexity index is 1050. The monoisotopic (exact) mass is 502 g/mol. The zero-order valence-corrected chi connectivity index (χ0v) is 21.7. The summed E-state index contributed by atoms with van der Waals surface area (Å²) < 4.78 is 18.0. The van der Waals surface area contributed by atoms with Crippen molar-refractivity contribution in [2.24, 2.45) is 0 Å². The van der Waals surface area contributed by atoms with Gasteiger partial charge in [0.1, 0.15) is 6.10 Å². The van der Waals surface area contributed by atoms with Crippen LogP contribution in [0, 0.1) is 6.92 Å². The molecule has 2 fully saturated rings. The quantitative estimate of drug-likeness (QED) is 0.448. The van der Waals surface area contributed by atoms with Crippen molar-refractivity contribution in [3.63, 3.8) is 0 Å². The molecule has 0 bridgehead atoms. The van der Waals surface area contributed by atoms with Crippen molar-refractivity contribution >= 4 is 23.0 Å². The Hall–Kier alpha value is -2.76. The largest absolute Gasteiger partial charge is 0.453 e. The molecule has 198 valence electrons. The molecular weight excluding hydrogens is 464 g/mol. The maximum absolute atomic E-state index is 13.6. The number of aromatic nitrogens is 3. The first-order chi connectivity index (χ1) is 17.4. The molecule has 2 N–H and O–H groups in total. The van der Waals surface area contributed by atoms with Crippen LogP contribution in [-0.2, 0) is 25.5 Å². The zero-order valence-electron chi connectivity index (χ0n) is 21.7. The normalized spacial score (nSPS) is 20.8. The molecule has 0 spiro atoms. The first-order valence-corrected chi connectivity index (χ1v) is 12.8. The van der Waals surface area contributed by atoms with Crippen molar-refractivity contribution in [3.8, 4) is 0 Å². The smallest absolute Gasteiger partial charge is 0.406 e. The van der Waals surface area contributed by atoms with Crippen LogP contribution < -0.4 is 10.6 Å². The predicted octanol–water partition coefficient (Wildman–Crippen LogP) is 1.93. The number of aryl methyl sites for hydroxylation is 2. The molecule has 2 amide bonds. The zero-order chi connectivity index (χ0) is 25.7. The van der Waals surface area contributed by atoms with Gasteiger partial charge < -0.3 is 29.7 Å². The highest BCUT2D eigenvalue weighted by atomic mass is 16.5. The lowest BCUT2D eigenvalue weighted by atomic mass is 10.1. The van der Waals surface area contributed by atoms with Gasteiger partial charge in [-0.3, -0.25) is 4.79 Å². The van der Waals surface area contributed by atoms with Crippen LogP contribution in [0.1, 0.15) is 50.5 Å². The second-order valence-electron chi connectivity index (χ2n) is 9.44. The van der Waals surface area contributed by atoms with Crippen LogP contribution in [0.4, 0.5) is 4.79 Å². The van der Waals surface area contributed by atoms with Crippen LogP contribution in [-0.4, -0.2) is 89.9 Å². The van der Waals surface area contributed by atoms with E-state index < -0.39 is 12.2 Å². The molecule has 11 nitrogen and oxygen atoms in total. The third-order valence-corrected chi connectivity index (χ3v) is 6.66. The minimum Gasteiger partial charge on any atom is -0.453 e. The first kappa shape index (κ1) is 26.3. The van der Waals surface area contributed by atoms with Gasteiger partial charge in [0.05, 0.1) is 38.1 Å². The van der Waals surface area contributed by atoms with Crippen LogP contribution in [0.5, 0.6) is 0 Å². The molecule has 3 atom stereocenters. The van der Waals surface area contributed by atoms with E-state index in [-0.39, 0.29) is 24.0 Å². The molecule has 11 heteroatoms. The molecule has 0 radical (unpaired) electrons. The number of pyridine rings is 1. The molecule has 2 aliphatic rings. The summed E-state index contributed by atoms with van der Waals surface area (Å²) in [5.74, 6) is -0.00240. The molecule has 36 heavy (non-hydrogen) atoms. The van der Waals surface area contributed by atoms with Crippen LogP contribution in [0.25, 0.3) is 11.0 Å². The molecule has 1 aliphatic heterocycles. The van der Waals surface area contributed by atoms with E-state index in [2.05, 4.69) is 15.4 Å². The molecule has 2 aromatic heterocycles. The van der Waals surface area contributed by atoms with Gasteiger partial charge in [-0.05, 0) is 52.2 Å². The van der Waals surface area contributed by atoms with Crippen molar-refractivity contribution in [1.29, 1.82) is 0 Å². The summed E-state index contributed by atoms with van der Waals surface area (Å²) in [7, 11) is 1.34. The van der Waals surface area contributed by atoms with E-state index in [1.807, 2.05) is 42.5 Å². The standard InChI is InChI=1S/C25H38N6O5/c1-5-35-14-18-15-36-21(13-27-18)24(32)31(19-8-9-19)17(3)22-20-10-7-16(2)28-23(20)30(29-22)12-6-11-26-25(33)34-4/h7,10,17-19,21,27H,5-6,8-9,11-15H2,1-4H3,(H,26,33)/t17-,18+,21-/m1/s1. The fraction of sp³-hybridized carbons (Fsp3) is 0.680. The second kappa shape index (κ2) is 12.0. The molecule has 1 saturated heterocycles.